The topological polar surface area (TPSA) is 72.3 Å². The van der Waals surface area contributed by atoms with E-state index in [-0.39, 0.29) is 5.75 Å². The van der Waals surface area contributed by atoms with Crippen molar-refractivity contribution >= 4 is 16.8 Å². The number of aryl methyl sites for hydroxylation is 3. The lowest BCUT2D eigenvalue weighted by molar-refractivity contribution is 0.470. The van der Waals surface area contributed by atoms with Gasteiger partial charge in [0, 0.05) is 5.69 Å². The molecule has 0 aliphatic rings. The fourth-order valence-electron chi connectivity index (χ4n) is 2.31. The Kier molecular flexibility index (Phi) is 2.67. The minimum absolute atomic E-state index is 0.153. The molecule has 0 fully saturated rings. The molecule has 0 aliphatic heterocycles. The minimum atomic E-state index is 0.153. The Labute approximate surface area is 116 Å². The van der Waals surface area contributed by atoms with Crippen molar-refractivity contribution in [2.75, 3.05) is 5.73 Å². The Bertz CT molecular complexity index is 819. The Hall–Kier alpha value is -2.49. The number of fused-ring (bicyclic) bond motifs is 1. The van der Waals surface area contributed by atoms with Crippen molar-refractivity contribution in [1.82, 2.24) is 4.98 Å². The molecule has 0 spiro atoms. The van der Waals surface area contributed by atoms with Crippen LogP contribution in [0.2, 0.25) is 0 Å². The first kappa shape index (κ1) is 12.5. The van der Waals surface area contributed by atoms with Crippen LogP contribution in [0, 0.1) is 20.8 Å². The summed E-state index contributed by atoms with van der Waals surface area (Å²) in [7, 11) is 0. The van der Waals surface area contributed by atoms with Gasteiger partial charge in [0.1, 0.15) is 11.3 Å². The van der Waals surface area contributed by atoms with Crippen LogP contribution in [0.1, 0.15) is 16.7 Å². The smallest absolute Gasteiger partial charge is 0.231 e. The average Bonchev–Trinajstić information content (AvgIpc) is 2.83. The van der Waals surface area contributed by atoms with Gasteiger partial charge in [-0.25, -0.2) is 4.98 Å². The average molecular weight is 268 g/mol. The van der Waals surface area contributed by atoms with Crippen LogP contribution in [0.25, 0.3) is 22.6 Å². The molecule has 102 valence electrons. The molecule has 20 heavy (non-hydrogen) atoms. The van der Waals surface area contributed by atoms with Crippen molar-refractivity contribution in [3.63, 3.8) is 0 Å². The van der Waals surface area contributed by atoms with Crippen molar-refractivity contribution < 1.29 is 9.52 Å². The maximum absolute atomic E-state index is 10.2. The van der Waals surface area contributed by atoms with Crippen molar-refractivity contribution in [3.05, 3.63) is 41.0 Å². The van der Waals surface area contributed by atoms with Crippen LogP contribution >= 0.6 is 0 Å². The Morgan fingerprint density at radius 1 is 1.10 bits per heavy atom. The molecule has 3 rings (SSSR count). The van der Waals surface area contributed by atoms with E-state index in [9.17, 15) is 5.11 Å². The second kappa shape index (κ2) is 4.27. The maximum Gasteiger partial charge on any atom is 0.231 e. The zero-order valence-corrected chi connectivity index (χ0v) is 11.7. The molecule has 0 bridgehead atoms. The third-order valence-electron chi connectivity index (χ3n) is 3.63. The summed E-state index contributed by atoms with van der Waals surface area (Å²) in [6.07, 6.45) is 0. The molecular weight excluding hydrogens is 252 g/mol. The van der Waals surface area contributed by atoms with E-state index in [1.807, 2.05) is 26.0 Å². The molecule has 1 heterocycles. The molecule has 4 heteroatoms. The fourth-order valence-corrected chi connectivity index (χ4v) is 2.31. The molecule has 0 amide bonds. The predicted molar refractivity (Wildman–Crippen MR) is 79.7 cm³/mol. The first-order valence-corrected chi connectivity index (χ1v) is 6.43. The van der Waals surface area contributed by atoms with E-state index >= 15 is 0 Å². The van der Waals surface area contributed by atoms with E-state index < -0.39 is 0 Å². The third-order valence-corrected chi connectivity index (χ3v) is 3.63. The molecule has 1 aromatic heterocycles. The molecule has 4 nitrogen and oxygen atoms in total. The number of rotatable bonds is 1. The number of aromatic nitrogens is 1. The number of phenolic OH excluding ortho intramolecular Hbond substituents is 1. The van der Waals surface area contributed by atoms with Gasteiger partial charge in [-0.15, -0.1) is 0 Å². The number of nitrogens with zero attached hydrogens (tertiary/aromatic N) is 1. The lowest BCUT2D eigenvalue weighted by Crippen LogP contribution is -1.89. The first-order valence-electron chi connectivity index (χ1n) is 6.43. The number of phenols is 1. The molecule has 0 aliphatic carbocycles. The standard InChI is InChI=1S/C16H16N2O2/c1-8-4-5-13-15(10(8)3)20-16(18-13)12-7-11(17)6-9(2)14(12)19/h4-7,19H,17H2,1-3H3. The van der Waals surface area contributed by atoms with Crippen molar-refractivity contribution in [2.24, 2.45) is 0 Å². The van der Waals surface area contributed by atoms with Gasteiger partial charge in [-0.05, 0) is 55.7 Å². The molecule has 0 radical (unpaired) electrons. The largest absolute Gasteiger partial charge is 0.507 e. The number of hydrogen-bond donors (Lipinski definition) is 2. The van der Waals surface area contributed by atoms with Gasteiger partial charge in [-0.3, -0.25) is 0 Å². The molecule has 0 atom stereocenters. The predicted octanol–water partition coefficient (Wildman–Crippen LogP) is 3.71. The lowest BCUT2D eigenvalue weighted by atomic mass is 10.1. The summed E-state index contributed by atoms with van der Waals surface area (Å²) in [6, 6.07) is 7.32. The first-order chi connectivity index (χ1) is 9.47. The number of oxazole rings is 1. The second-order valence-electron chi connectivity index (χ2n) is 5.11. The molecule has 0 saturated heterocycles. The lowest BCUT2D eigenvalue weighted by Gasteiger charge is -2.05. The number of benzene rings is 2. The Balaban J connectivity index is 2.28. The van der Waals surface area contributed by atoms with Gasteiger partial charge in [-0.1, -0.05) is 6.07 Å². The quantitative estimate of drug-likeness (QED) is 0.521. The third kappa shape index (κ3) is 1.81. The number of aromatic hydroxyl groups is 1. The summed E-state index contributed by atoms with van der Waals surface area (Å²) in [5.74, 6) is 0.543. The normalized spacial score (nSPS) is 11.2. The van der Waals surface area contributed by atoms with E-state index in [4.69, 9.17) is 10.2 Å². The van der Waals surface area contributed by atoms with Crippen LogP contribution in [0.5, 0.6) is 5.75 Å². The SMILES string of the molecule is Cc1cc(N)cc(-c2nc3ccc(C)c(C)c3o2)c1O. The van der Waals surface area contributed by atoms with Crippen molar-refractivity contribution in [1.29, 1.82) is 0 Å². The summed E-state index contributed by atoms with van der Waals surface area (Å²) in [5, 5.41) is 10.2. The highest BCUT2D eigenvalue weighted by molar-refractivity contribution is 5.82. The van der Waals surface area contributed by atoms with Gasteiger partial charge >= 0.3 is 0 Å². The van der Waals surface area contributed by atoms with E-state index in [0.717, 1.165) is 22.2 Å². The molecule has 0 saturated carbocycles. The Morgan fingerprint density at radius 2 is 1.85 bits per heavy atom. The van der Waals surface area contributed by atoms with Crippen LogP contribution < -0.4 is 5.73 Å². The summed E-state index contributed by atoms with van der Waals surface area (Å²) >= 11 is 0. The number of hydrogen-bond acceptors (Lipinski definition) is 4. The van der Waals surface area contributed by atoms with E-state index in [1.54, 1.807) is 19.1 Å². The van der Waals surface area contributed by atoms with Crippen LogP contribution in [0.4, 0.5) is 5.69 Å². The summed E-state index contributed by atoms with van der Waals surface area (Å²) in [5.41, 5.74) is 11.4. The van der Waals surface area contributed by atoms with E-state index in [0.29, 0.717) is 22.7 Å². The van der Waals surface area contributed by atoms with E-state index in [1.165, 1.54) is 0 Å². The fraction of sp³-hybridized carbons (Fsp3) is 0.188. The number of nitrogens with two attached hydrogens (primary N) is 1. The van der Waals surface area contributed by atoms with Gasteiger partial charge in [-0.2, -0.15) is 0 Å². The minimum Gasteiger partial charge on any atom is -0.507 e. The highest BCUT2D eigenvalue weighted by atomic mass is 16.3. The number of anilines is 1. The van der Waals surface area contributed by atoms with Crippen LogP contribution in [0.3, 0.4) is 0 Å². The number of nitrogen functional groups attached to an aromatic ring is 1. The van der Waals surface area contributed by atoms with Gasteiger partial charge in [0.2, 0.25) is 5.89 Å². The van der Waals surface area contributed by atoms with Gasteiger partial charge in [0.25, 0.3) is 0 Å². The zero-order valence-electron chi connectivity index (χ0n) is 11.7. The zero-order chi connectivity index (χ0) is 14.4. The summed E-state index contributed by atoms with van der Waals surface area (Å²) < 4.78 is 5.83. The van der Waals surface area contributed by atoms with Gasteiger partial charge in [0.15, 0.2) is 5.58 Å². The van der Waals surface area contributed by atoms with Crippen LogP contribution in [0.15, 0.2) is 28.7 Å². The maximum atomic E-state index is 10.2. The van der Waals surface area contributed by atoms with Gasteiger partial charge in [0.05, 0.1) is 5.56 Å². The van der Waals surface area contributed by atoms with Crippen molar-refractivity contribution in [3.8, 4) is 17.2 Å². The van der Waals surface area contributed by atoms with E-state index in [2.05, 4.69) is 4.98 Å². The van der Waals surface area contributed by atoms with Gasteiger partial charge < -0.3 is 15.3 Å². The molecule has 0 unspecified atom stereocenters. The summed E-state index contributed by atoms with van der Waals surface area (Å²) in [6.45, 7) is 5.82. The van der Waals surface area contributed by atoms with Crippen molar-refractivity contribution in [2.45, 2.75) is 20.8 Å². The molecule has 2 aromatic carbocycles. The highest BCUT2D eigenvalue weighted by Gasteiger charge is 2.16. The molecule has 3 N–H and O–H groups in total. The molecule has 3 aromatic rings. The second-order valence-corrected chi connectivity index (χ2v) is 5.11. The molecular formula is C16H16N2O2. The van der Waals surface area contributed by atoms with Crippen LogP contribution in [-0.4, -0.2) is 10.1 Å². The van der Waals surface area contributed by atoms with Crippen LogP contribution in [-0.2, 0) is 0 Å². The Morgan fingerprint density at radius 3 is 2.60 bits per heavy atom. The monoisotopic (exact) mass is 268 g/mol. The summed E-state index contributed by atoms with van der Waals surface area (Å²) in [4.78, 5) is 4.45. The highest BCUT2D eigenvalue weighted by Crippen LogP contribution is 2.36.